The van der Waals surface area contributed by atoms with Gasteiger partial charge in [-0.05, 0) is 268 Å². The zero-order valence-electron chi connectivity index (χ0n) is 54.3. The molecule has 102 heavy (non-hydrogen) atoms. The number of nitrogens with zero attached hydrogens (tertiary/aromatic N) is 12. The van der Waals surface area contributed by atoms with E-state index in [4.69, 9.17) is 0 Å². The van der Waals surface area contributed by atoms with E-state index in [1.165, 1.54) is 36.4 Å². The summed E-state index contributed by atoms with van der Waals surface area (Å²) >= 11 is 0. The molecular weight excluding hydrogens is 1390 g/mol. The number of nitrogens with one attached hydrogen (secondary N) is 2. The van der Waals surface area contributed by atoms with Gasteiger partial charge in [0, 0.05) is 33.3 Å². The number of carbonyl (C=O) groups is 2. The lowest BCUT2D eigenvalue weighted by atomic mass is 10.1. The zero-order chi connectivity index (χ0) is 73.0. The first-order chi connectivity index (χ1) is 48.3. The van der Waals surface area contributed by atoms with E-state index in [0.717, 1.165) is 34.4 Å². The average molecular weight is 1450 g/mol. The highest BCUT2D eigenvalue weighted by Gasteiger charge is 2.23. The fraction of sp³-hybridized carbons (Fsp3) is 0.0857. The van der Waals surface area contributed by atoms with Gasteiger partial charge in [-0.2, -0.15) is 95.0 Å². The van der Waals surface area contributed by atoms with E-state index in [2.05, 4.69) is 72.0 Å². The standard InChI is InChI=1S/C70H56N14O14S4/c1-39-27-49(15-21-61(39)79-73-51-17-23-63(41(3)29-51)81-75-53-19-25-65(43(5)31-53)83-77-55-13-11-47-33-57(99(87,88)89)37-67(59(47)35-55)101(93,94)95)71-69(85)45-7-9-46(10-8-45)70(86)72-50-16-22-62(40(2)28-50)80-74-52-18-24-64(42(4)30-52)82-76-54-20-26-66(44(6)32-54)84-78-56-14-12-48-34-58(100(90,91)92)38-68(60(48)36-56)102(96,97)98/h7-38H,1-6H3,(H,71,85)(H,72,86)(H,87,88,89)(H,90,91,92)(H,93,94,95)(H,96,97,98). The van der Waals surface area contributed by atoms with Crippen LogP contribution >= 0.6 is 0 Å². The third kappa shape index (κ3) is 17.4. The van der Waals surface area contributed by atoms with Crippen LogP contribution in [0.15, 0.2) is 275 Å². The van der Waals surface area contributed by atoms with Gasteiger partial charge in [-0.3, -0.25) is 27.8 Å². The third-order valence-electron chi connectivity index (χ3n) is 15.6. The first kappa shape index (κ1) is 71.4. The summed E-state index contributed by atoms with van der Waals surface area (Å²) < 4.78 is 134. The van der Waals surface area contributed by atoms with Crippen molar-refractivity contribution in [2.45, 2.75) is 61.1 Å². The van der Waals surface area contributed by atoms with Crippen LogP contribution in [0.1, 0.15) is 54.1 Å². The van der Waals surface area contributed by atoms with Crippen molar-refractivity contribution in [2.75, 3.05) is 10.6 Å². The maximum Gasteiger partial charge on any atom is 0.295 e. The Bertz CT molecular complexity index is 5610. The van der Waals surface area contributed by atoms with Gasteiger partial charge in [0.15, 0.2) is 0 Å². The molecule has 32 heteroatoms. The average Bonchev–Trinajstić information content (AvgIpc) is 0.772. The van der Waals surface area contributed by atoms with Crippen LogP contribution in [0.5, 0.6) is 0 Å². The van der Waals surface area contributed by atoms with E-state index in [1.807, 2.05) is 39.8 Å². The van der Waals surface area contributed by atoms with Gasteiger partial charge in [0.1, 0.15) is 9.79 Å². The molecule has 0 aliphatic rings. The lowest BCUT2D eigenvalue weighted by Gasteiger charge is -2.09. The number of aryl methyl sites for hydroxylation is 6. The Balaban J connectivity index is 0.639. The highest BCUT2D eigenvalue weighted by Crippen LogP contribution is 2.37. The number of fused-ring (bicyclic) bond motifs is 2. The molecule has 0 atom stereocenters. The van der Waals surface area contributed by atoms with Gasteiger partial charge in [-0.15, -0.1) is 0 Å². The van der Waals surface area contributed by atoms with Gasteiger partial charge in [-0.25, -0.2) is 0 Å². The largest absolute Gasteiger partial charge is 0.322 e. The molecule has 0 fully saturated rings. The van der Waals surface area contributed by atoms with Crippen LogP contribution in [-0.4, -0.2) is 63.7 Å². The van der Waals surface area contributed by atoms with Gasteiger partial charge in [0.25, 0.3) is 52.3 Å². The Hall–Kier alpha value is -11.9. The van der Waals surface area contributed by atoms with Crippen molar-refractivity contribution in [3.8, 4) is 0 Å². The van der Waals surface area contributed by atoms with Crippen molar-refractivity contribution in [1.82, 2.24) is 0 Å². The molecule has 11 rings (SSSR count). The molecule has 0 radical (unpaired) electrons. The maximum atomic E-state index is 13.3. The van der Waals surface area contributed by atoms with Crippen molar-refractivity contribution in [1.29, 1.82) is 0 Å². The van der Waals surface area contributed by atoms with Gasteiger partial charge < -0.3 is 10.6 Å². The van der Waals surface area contributed by atoms with E-state index in [1.54, 1.807) is 135 Å². The molecule has 0 aliphatic heterocycles. The summed E-state index contributed by atoms with van der Waals surface area (Å²) in [5.41, 5.74) is 11.9. The summed E-state index contributed by atoms with van der Waals surface area (Å²) in [6.45, 7) is 11.0. The second-order valence-corrected chi connectivity index (χ2v) is 28.7. The van der Waals surface area contributed by atoms with Gasteiger partial charge in [-0.1, -0.05) is 12.1 Å². The molecule has 11 aromatic carbocycles. The summed E-state index contributed by atoms with van der Waals surface area (Å²) in [5.74, 6) is -0.782. The first-order valence-corrected chi connectivity index (χ1v) is 36.0. The minimum Gasteiger partial charge on any atom is -0.322 e. The maximum absolute atomic E-state index is 13.3. The quantitative estimate of drug-likeness (QED) is 0.0305. The van der Waals surface area contributed by atoms with Crippen molar-refractivity contribution in [3.63, 3.8) is 0 Å². The summed E-state index contributed by atoms with van der Waals surface area (Å²) in [7, 11) is -19.3. The molecule has 514 valence electrons. The zero-order valence-corrected chi connectivity index (χ0v) is 57.6. The minimum absolute atomic E-state index is 0.0321. The number of hydrogen-bond donors (Lipinski definition) is 6. The molecule has 0 bridgehead atoms. The molecule has 0 saturated carbocycles. The molecule has 11 aromatic rings. The second kappa shape index (κ2) is 29.1. The molecule has 0 spiro atoms. The van der Waals surface area contributed by atoms with Crippen molar-refractivity contribution < 1.29 is 61.5 Å². The smallest absolute Gasteiger partial charge is 0.295 e. The molecule has 2 amide bonds. The number of azo groups is 6. The van der Waals surface area contributed by atoms with E-state index >= 15 is 0 Å². The Morgan fingerprint density at radius 3 is 0.765 bits per heavy atom. The summed E-state index contributed by atoms with van der Waals surface area (Å²) in [6, 6.07) is 49.2. The number of anilines is 2. The van der Waals surface area contributed by atoms with Crippen LogP contribution in [-0.2, 0) is 40.5 Å². The number of amides is 2. The molecule has 0 unspecified atom stereocenters. The Morgan fingerprint density at radius 2 is 0.520 bits per heavy atom. The molecule has 0 aromatic heterocycles. The van der Waals surface area contributed by atoms with Crippen LogP contribution in [0.25, 0.3) is 21.5 Å². The van der Waals surface area contributed by atoms with E-state index < -0.39 is 71.9 Å². The molecule has 0 saturated heterocycles. The van der Waals surface area contributed by atoms with Crippen molar-refractivity contribution in [2.24, 2.45) is 61.4 Å². The van der Waals surface area contributed by atoms with E-state index in [-0.39, 0.29) is 32.9 Å². The molecule has 0 heterocycles. The molecular formula is C70H56N14O14S4. The van der Waals surface area contributed by atoms with Gasteiger partial charge in [0.2, 0.25) is 0 Å². The van der Waals surface area contributed by atoms with Crippen LogP contribution < -0.4 is 10.6 Å². The number of benzene rings is 11. The fourth-order valence-corrected chi connectivity index (χ4v) is 12.9. The van der Waals surface area contributed by atoms with Gasteiger partial charge >= 0.3 is 0 Å². The SMILES string of the molecule is Cc1cc(N=Nc2ccc(NC(=O)c3ccc(C(=O)Nc4ccc(N=Nc5ccc(N=Nc6ccc(N=Nc7ccc8cc(S(=O)(=O)O)cc(S(=O)(=O)O)c8c7)c(C)c6)c(C)c5)c(C)c4)cc3)cc2C)ccc1N=Nc1ccc(N=Nc2ccc3cc(S(=O)(=O)O)cc(S(=O)(=O)O)c3c2)c(C)c1. The normalized spacial score (nSPS) is 12.6. The van der Waals surface area contributed by atoms with Crippen LogP contribution in [0.2, 0.25) is 0 Å². The predicted molar refractivity (Wildman–Crippen MR) is 382 cm³/mol. The lowest BCUT2D eigenvalue weighted by Crippen LogP contribution is -2.14. The fourth-order valence-electron chi connectivity index (χ4n) is 10.2. The first-order valence-electron chi connectivity index (χ1n) is 30.2. The molecule has 0 aliphatic carbocycles. The van der Waals surface area contributed by atoms with Crippen LogP contribution in [0, 0.1) is 41.5 Å². The number of hydrogen-bond acceptors (Lipinski definition) is 22. The molecule has 6 N–H and O–H groups in total. The van der Waals surface area contributed by atoms with Gasteiger partial charge in [0.05, 0.1) is 78.0 Å². The molecule has 28 nitrogen and oxygen atoms in total. The van der Waals surface area contributed by atoms with E-state index in [0.29, 0.717) is 103 Å². The topological polar surface area (TPSA) is 424 Å². The number of carbonyl (C=O) groups excluding carboxylic acids is 2. The summed E-state index contributed by atoms with van der Waals surface area (Å²) in [6.07, 6.45) is 0. The van der Waals surface area contributed by atoms with Crippen LogP contribution in [0.4, 0.5) is 79.6 Å². The second-order valence-electron chi connectivity index (χ2n) is 23.1. The Labute approximate surface area is 583 Å². The van der Waals surface area contributed by atoms with Crippen molar-refractivity contribution >= 4 is 153 Å². The monoisotopic (exact) mass is 1440 g/mol. The highest BCUT2D eigenvalue weighted by molar-refractivity contribution is 7.87. The van der Waals surface area contributed by atoms with Crippen LogP contribution in [0.3, 0.4) is 0 Å². The Morgan fingerprint density at radius 1 is 0.275 bits per heavy atom. The summed E-state index contributed by atoms with van der Waals surface area (Å²) in [5, 5.41) is 58.2. The third-order valence-corrected chi connectivity index (χ3v) is 19.0. The highest BCUT2D eigenvalue weighted by atomic mass is 32.2. The Kier molecular flexibility index (Phi) is 20.4. The summed E-state index contributed by atoms with van der Waals surface area (Å²) in [4.78, 5) is 23.8. The predicted octanol–water partition coefficient (Wildman–Crippen LogP) is 19.8. The van der Waals surface area contributed by atoms with E-state index in [9.17, 15) is 61.5 Å². The number of rotatable bonds is 20. The lowest BCUT2D eigenvalue weighted by molar-refractivity contribution is 0.101. The minimum atomic E-state index is -4.89. The van der Waals surface area contributed by atoms with Crippen molar-refractivity contribution in [3.05, 3.63) is 239 Å².